The van der Waals surface area contributed by atoms with Gasteiger partial charge in [-0.1, -0.05) is 15.9 Å². The van der Waals surface area contributed by atoms with Crippen molar-refractivity contribution < 1.29 is 17.2 Å². The fraction of sp³-hybridized carbons (Fsp3) is 0.333. The van der Waals surface area contributed by atoms with Crippen molar-refractivity contribution in [2.24, 2.45) is 0 Å². The van der Waals surface area contributed by atoms with Crippen LogP contribution in [-0.4, -0.2) is 31.6 Å². The average molecular weight is 314 g/mol. The number of nitrogens with zero attached hydrogens (tertiary/aromatic N) is 1. The Morgan fingerprint density at radius 1 is 1.38 bits per heavy atom. The lowest BCUT2D eigenvalue weighted by Crippen LogP contribution is -2.29. The zero-order chi connectivity index (χ0) is 12.3. The lowest BCUT2D eigenvalue weighted by molar-refractivity contribution is 0.478. The van der Waals surface area contributed by atoms with Crippen LogP contribution >= 0.6 is 15.9 Å². The summed E-state index contributed by atoms with van der Waals surface area (Å²) in [5.41, 5.74) is 0. The van der Waals surface area contributed by atoms with Crippen LogP contribution in [0.5, 0.6) is 0 Å². The van der Waals surface area contributed by atoms with E-state index < -0.39 is 26.6 Å². The SMILES string of the molecule is CN(CCBr)S(=O)(=O)c1cc(F)ccc1F. The Bertz CT molecular complexity index is 478. The molecule has 0 radical (unpaired) electrons. The Kier molecular flexibility index (Phi) is 4.40. The molecule has 3 nitrogen and oxygen atoms in total. The van der Waals surface area contributed by atoms with Gasteiger partial charge in [-0.2, -0.15) is 4.31 Å². The molecule has 0 aliphatic rings. The molecule has 0 heterocycles. The molecule has 0 aromatic heterocycles. The van der Waals surface area contributed by atoms with Crippen LogP contribution in [0.4, 0.5) is 8.78 Å². The molecule has 1 rings (SSSR count). The number of benzene rings is 1. The van der Waals surface area contributed by atoms with Gasteiger partial charge in [-0.25, -0.2) is 17.2 Å². The molecule has 16 heavy (non-hydrogen) atoms. The number of alkyl halides is 1. The van der Waals surface area contributed by atoms with E-state index in [1.54, 1.807) is 0 Å². The summed E-state index contributed by atoms with van der Waals surface area (Å²) in [5, 5.41) is 0.416. The van der Waals surface area contributed by atoms with Gasteiger partial charge >= 0.3 is 0 Å². The molecule has 90 valence electrons. The van der Waals surface area contributed by atoms with E-state index in [2.05, 4.69) is 15.9 Å². The van der Waals surface area contributed by atoms with Crippen molar-refractivity contribution in [2.75, 3.05) is 18.9 Å². The average Bonchev–Trinajstić information content (AvgIpc) is 2.22. The highest BCUT2D eigenvalue weighted by atomic mass is 79.9. The topological polar surface area (TPSA) is 37.4 Å². The van der Waals surface area contributed by atoms with Crippen LogP contribution in [0.3, 0.4) is 0 Å². The van der Waals surface area contributed by atoms with Gasteiger partial charge in [-0.05, 0) is 18.2 Å². The highest BCUT2D eigenvalue weighted by Crippen LogP contribution is 2.19. The van der Waals surface area contributed by atoms with Gasteiger partial charge < -0.3 is 0 Å². The molecule has 0 unspecified atom stereocenters. The van der Waals surface area contributed by atoms with E-state index in [1.165, 1.54) is 7.05 Å². The Balaban J connectivity index is 3.21. The second kappa shape index (κ2) is 5.20. The number of sulfonamides is 1. The third-order valence-electron chi connectivity index (χ3n) is 1.98. The van der Waals surface area contributed by atoms with Gasteiger partial charge in [-0.15, -0.1) is 0 Å². The van der Waals surface area contributed by atoms with Gasteiger partial charge in [0, 0.05) is 18.9 Å². The highest BCUT2D eigenvalue weighted by Gasteiger charge is 2.24. The first-order valence-electron chi connectivity index (χ1n) is 4.37. The van der Waals surface area contributed by atoms with Crippen LogP contribution in [0.25, 0.3) is 0 Å². The van der Waals surface area contributed by atoms with Gasteiger partial charge in [0.15, 0.2) is 0 Å². The molecule has 0 amide bonds. The van der Waals surface area contributed by atoms with Crippen LogP contribution in [0.1, 0.15) is 0 Å². The Labute approximate surface area is 101 Å². The maximum Gasteiger partial charge on any atom is 0.245 e. The molecule has 0 atom stereocenters. The van der Waals surface area contributed by atoms with Crippen LogP contribution in [0.2, 0.25) is 0 Å². The minimum Gasteiger partial charge on any atom is -0.207 e. The standard InChI is InChI=1S/C9H10BrF2NO2S/c1-13(5-4-10)16(14,15)9-6-7(11)2-3-8(9)12/h2-3,6H,4-5H2,1H3. The normalized spacial score (nSPS) is 12.1. The summed E-state index contributed by atoms with van der Waals surface area (Å²) in [6.45, 7) is 0.179. The Morgan fingerprint density at radius 3 is 2.56 bits per heavy atom. The second-order valence-electron chi connectivity index (χ2n) is 3.09. The zero-order valence-electron chi connectivity index (χ0n) is 8.45. The summed E-state index contributed by atoms with van der Waals surface area (Å²) < 4.78 is 50.7. The summed E-state index contributed by atoms with van der Waals surface area (Å²) in [7, 11) is -2.66. The molecule has 0 spiro atoms. The van der Waals surface area contributed by atoms with E-state index >= 15 is 0 Å². The minimum atomic E-state index is -3.97. The fourth-order valence-corrected chi connectivity index (χ4v) is 3.09. The first-order valence-corrected chi connectivity index (χ1v) is 6.93. The van der Waals surface area contributed by atoms with E-state index in [0.717, 1.165) is 16.4 Å². The number of halogens is 3. The molecule has 0 fully saturated rings. The molecule has 0 aliphatic heterocycles. The zero-order valence-corrected chi connectivity index (χ0v) is 10.9. The van der Waals surface area contributed by atoms with Crippen LogP contribution in [-0.2, 0) is 10.0 Å². The molecule has 1 aromatic carbocycles. The summed E-state index contributed by atoms with van der Waals surface area (Å²) in [6.07, 6.45) is 0. The predicted molar refractivity (Wildman–Crippen MR) is 60.0 cm³/mol. The van der Waals surface area contributed by atoms with Gasteiger partial charge in [0.1, 0.15) is 16.5 Å². The van der Waals surface area contributed by atoms with Crippen molar-refractivity contribution in [3.63, 3.8) is 0 Å². The van der Waals surface area contributed by atoms with E-state index in [4.69, 9.17) is 0 Å². The van der Waals surface area contributed by atoms with E-state index in [-0.39, 0.29) is 6.54 Å². The maximum atomic E-state index is 13.3. The maximum absolute atomic E-state index is 13.3. The third-order valence-corrected chi connectivity index (χ3v) is 4.21. The monoisotopic (exact) mass is 313 g/mol. The van der Waals surface area contributed by atoms with E-state index in [0.29, 0.717) is 11.4 Å². The van der Waals surface area contributed by atoms with Crippen molar-refractivity contribution in [3.8, 4) is 0 Å². The van der Waals surface area contributed by atoms with Crippen LogP contribution < -0.4 is 0 Å². The smallest absolute Gasteiger partial charge is 0.207 e. The molecule has 0 bridgehead atoms. The lowest BCUT2D eigenvalue weighted by atomic mass is 10.3. The lowest BCUT2D eigenvalue weighted by Gasteiger charge is -2.16. The molecular weight excluding hydrogens is 304 g/mol. The first-order chi connectivity index (χ1) is 7.39. The van der Waals surface area contributed by atoms with Gasteiger partial charge in [-0.3, -0.25) is 0 Å². The number of hydrogen-bond donors (Lipinski definition) is 0. The largest absolute Gasteiger partial charge is 0.245 e. The van der Waals surface area contributed by atoms with Crippen molar-refractivity contribution in [2.45, 2.75) is 4.90 Å². The quantitative estimate of drug-likeness (QED) is 0.797. The molecule has 0 N–H and O–H groups in total. The van der Waals surface area contributed by atoms with Crippen molar-refractivity contribution in [3.05, 3.63) is 29.8 Å². The third kappa shape index (κ3) is 2.78. The fourth-order valence-electron chi connectivity index (χ4n) is 1.08. The van der Waals surface area contributed by atoms with E-state index in [9.17, 15) is 17.2 Å². The van der Waals surface area contributed by atoms with Crippen LogP contribution in [0.15, 0.2) is 23.1 Å². The molecular formula is C9H10BrF2NO2S. The van der Waals surface area contributed by atoms with Gasteiger partial charge in [0.05, 0.1) is 0 Å². The van der Waals surface area contributed by atoms with E-state index in [1.807, 2.05) is 0 Å². The molecule has 1 aromatic rings. The summed E-state index contributed by atoms with van der Waals surface area (Å²) in [5.74, 6) is -1.74. The molecule has 0 aliphatic carbocycles. The molecule has 7 heteroatoms. The van der Waals surface area contributed by atoms with Crippen molar-refractivity contribution in [1.29, 1.82) is 0 Å². The van der Waals surface area contributed by atoms with Gasteiger partial charge in [0.2, 0.25) is 10.0 Å². The summed E-state index contributed by atoms with van der Waals surface area (Å²) in [6, 6.07) is 2.35. The second-order valence-corrected chi connectivity index (χ2v) is 5.90. The summed E-state index contributed by atoms with van der Waals surface area (Å²) >= 11 is 3.07. The minimum absolute atomic E-state index is 0.179. The molecule has 0 saturated carbocycles. The number of rotatable bonds is 4. The summed E-state index contributed by atoms with van der Waals surface area (Å²) in [4.78, 5) is -0.643. The van der Waals surface area contributed by atoms with Crippen LogP contribution in [0, 0.1) is 11.6 Å². The first kappa shape index (κ1) is 13.5. The number of hydrogen-bond acceptors (Lipinski definition) is 2. The van der Waals surface area contributed by atoms with Gasteiger partial charge in [0.25, 0.3) is 0 Å². The predicted octanol–water partition coefficient (Wildman–Crippen LogP) is 1.98. The Morgan fingerprint density at radius 2 is 2.00 bits per heavy atom. The van der Waals surface area contributed by atoms with Crippen molar-refractivity contribution in [1.82, 2.24) is 4.31 Å². The highest BCUT2D eigenvalue weighted by molar-refractivity contribution is 9.09. The van der Waals surface area contributed by atoms with Crippen molar-refractivity contribution >= 4 is 26.0 Å². The molecule has 0 saturated heterocycles. The Hall–Kier alpha value is -0.530.